The maximum atomic E-state index is 12.9. The summed E-state index contributed by atoms with van der Waals surface area (Å²) < 4.78 is 0. The van der Waals surface area contributed by atoms with Gasteiger partial charge in [-0.3, -0.25) is 19.4 Å². The maximum absolute atomic E-state index is 12.9. The van der Waals surface area contributed by atoms with E-state index in [1.54, 1.807) is 18.3 Å². The number of nitrogens with zero attached hydrogens (tertiary/aromatic N) is 1. The molecule has 0 saturated heterocycles. The Kier molecular flexibility index (Phi) is 3.47. The van der Waals surface area contributed by atoms with Gasteiger partial charge in [0.25, 0.3) is 0 Å². The molecule has 0 aliphatic heterocycles. The van der Waals surface area contributed by atoms with Crippen LogP contribution in [0.2, 0.25) is 0 Å². The first-order valence-corrected chi connectivity index (χ1v) is 8.53. The standard InChI is InChI=1S/C19H18N2O6/c1-8(22)13-12(23)7-18(20)6-9-5-11-10(3-2-4-21-11)15(24)14(9)17(26)19(18,27)16(13)25/h2-4,9,23,26-27H,5-7,20H2,1H3/t9-,18+,19+/m0/s1. The summed E-state index contributed by atoms with van der Waals surface area (Å²) in [6.45, 7) is 1.07. The van der Waals surface area contributed by atoms with Gasteiger partial charge in [-0.2, -0.15) is 0 Å². The number of nitrogens with two attached hydrogens (primary N) is 1. The Bertz CT molecular complexity index is 994. The van der Waals surface area contributed by atoms with Gasteiger partial charge in [0.1, 0.15) is 17.1 Å². The number of Topliss-reactive ketones (excluding diaryl/α,β-unsaturated/α-hetero) is 3. The molecular weight excluding hydrogens is 352 g/mol. The van der Waals surface area contributed by atoms with Crippen molar-refractivity contribution in [1.29, 1.82) is 0 Å². The smallest absolute Gasteiger partial charge is 0.211 e. The van der Waals surface area contributed by atoms with Crippen LogP contribution in [0.1, 0.15) is 35.8 Å². The molecule has 0 saturated carbocycles. The van der Waals surface area contributed by atoms with E-state index in [1.165, 1.54) is 0 Å². The van der Waals surface area contributed by atoms with Gasteiger partial charge in [-0.25, -0.2) is 0 Å². The lowest BCUT2D eigenvalue weighted by Crippen LogP contribution is -2.71. The third-order valence-corrected chi connectivity index (χ3v) is 5.84. The first-order chi connectivity index (χ1) is 12.6. The summed E-state index contributed by atoms with van der Waals surface area (Å²) in [5.74, 6) is -4.39. The van der Waals surface area contributed by atoms with Crippen molar-refractivity contribution in [3.63, 3.8) is 0 Å². The van der Waals surface area contributed by atoms with E-state index in [-0.39, 0.29) is 24.0 Å². The van der Waals surface area contributed by atoms with Crippen LogP contribution in [0.15, 0.2) is 41.0 Å². The molecule has 0 radical (unpaired) electrons. The van der Waals surface area contributed by atoms with Crippen molar-refractivity contribution in [3.05, 3.63) is 52.3 Å². The zero-order chi connectivity index (χ0) is 19.7. The second-order valence-corrected chi connectivity index (χ2v) is 7.44. The molecule has 4 rings (SSSR count). The molecule has 8 heteroatoms. The minimum absolute atomic E-state index is 0.0361. The molecule has 0 fully saturated rings. The number of allylic oxidation sites excluding steroid dienone is 1. The SMILES string of the molecule is CC(=O)C1=C(O)C[C@]2(N)C[C@@H]3Cc4ncccc4C(=O)C3=C(O)[C@]2(O)C1=O. The molecule has 1 aromatic rings. The van der Waals surface area contributed by atoms with E-state index in [0.29, 0.717) is 12.1 Å². The molecule has 27 heavy (non-hydrogen) atoms. The van der Waals surface area contributed by atoms with Crippen molar-refractivity contribution in [2.45, 2.75) is 37.3 Å². The molecule has 8 nitrogen and oxygen atoms in total. The third kappa shape index (κ3) is 2.05. The van der Waals surface area contributed by atoms with Crippen LogP contribution in [0.4, 0.5) is 0 Å². The summed E-state index contributed by atoms with van der Waals surface area (Å²) in [6, 6.07) is 3.14. The molecule has 140 valence electrons. The van der Waals surface area contributed by atoms with Crippen LogP contribution in [0.3, 0.4) is 0 Å². The normalized spacial score (nSPS) is 32.8. The fraction of sp³-hybridized carbons (Fsp3) is 0.368. The van der Waals surface area contributed by atoms with E-state index in [1.807, 2.05) is 0 Å². The van der Waals surface area contributed by atoms with Gasteiger partial charge in [-0.1, -0.05) is 0 Å². The molecule has 3 aliphatic carbocycles. The Morgan fingerprint density at radius 1 is 1.33 bits per heavy atom. The minimum atomic E-state index is -2.65. The van der Waals surface area contributed by atoms with Gasteiger partial charge in [0.05, 0.1) is 11.2 Å². The van der Waals surface area contributed by atoms with Gasteiger partial charge in [0.15, 0.2) is 11.6 Å². The number of aromatic nitrogens is 1. The molecule has 0 unspecified atom stereocenters. The highest BCUT2D eigenvalue weighted by molar-refractivity contribution is 6.25. The molecule has 0 spiro atoms. The molecule has 1 aromatic heterocycles. The predicted octanol–water partition coefficient (Wildman–Crippen LogP) is 0.455. The van der Waals surface area contributed by atoms with E-state index >= 15 is 0 Å². The molecule has 0 amide bonds. The number of aliphatic hydroxyl groups excluding tert-OH is 2. The summed E-state index contributed by atoms with van der Waals surface area (Å²) in [4.78, 5) is 41.8. The summed E-state index contributed by atoms with van der Waals surface area (Å²) in [5, 5.41) is 32.2. The van der Waals surface area contributed by atoms with Crippen LogP contribution in [0, 0.1) is 5.92 Å². The van der Waals surface area contributed by atoms with E-state index < -0.39 is 51.5 Å². The zero-order valence-electron chi connectivity index (χ0n) is 14.5. The van der Waals surface area contributed by atoms with Crippen LogP contribution >= 0.6 is 0 Å². The van der Waals surface area contributed by atoms with E-state index in [4.69, 9.17) is 5.73 Å². The summed E-state index contributed by atoms with van der Waals surface area (Å²) in [5.41, 5.74) is 2.04. The van der Waals surface area contributed by atoms with Gasteiger partial charge >= 0.3 is 0 Å². The third-order valence-electron chi connectivity index (χ3n) is 5.84. The number of pyridine rings is 1. The Morgan fingerprint density at radius 3 is 2.70 bits per heavy atom. The first-order valence-electron chi connectivity index (χ1n) is 8.53. The largest absolute Gasteiger partial charge is 0.511 e. The topological polar surface area (TPSA) is 151 Å². The number of hydrogen-bond acceptors (Lipinski definition) is 8. The highest BCUT2D eigenvalue weighted by atomic mass is 16.4. The van der Waals surface area contributed by atoms with Gasteiger partial charge < -0.3 is 21.1 Å². The highest BCUT2D eigenvalue weighted by Gasteiger charge is 2.66. The number of aliphatic hydroxyl groups is 3. The van der Waals surface area contributed by atoms with Gasteiger partial charge in [0, 0.05) is 23.8 Å². The lowest BCUT2D eigenvalue weighted by molar-refractivity contribution is -0.146. The molecule has 3 atom stereocenters. The fourth-order valence-corrected chi connectivity index (χ4v) is 4.56. The van der Waals surface area contributed by atoms with Crippen molar-refractivity contribution in [1.82, 2.24) is 4.98 Å². The molecule has 0 aromatic carbocycles. The lowest BCUT2D eigenvalue weighted by atomic mass is 9.57. The number of rotatable bonds is 1. The average molecular weight is 370 g/mol. The molecule has 1 heterocycles. The Hall–Kier alpha value is -2.84. The quantitative estimate of drug-likeness (QED) is 0.520. The molecule has 5 N–H and O–H groups in total. The van der Waals surface area contributed by atoms with Gasteiger partial charge in [0.2, 0.25) is 11.4 Å². The molecule has 3 aliphatic rings. The maximum Gasteiger partial charge on any atom is 0.211 e. The lowest BCUT2D eigenvalue weighted by Gasteiger charge is -2.51. The van der Waals surface area contributed by atoms with E-state index in [9.17, 15) is 29.7 Å². The van der Waals surface area contributed by atoms with Crippen LogP contribution in [-0.4, -0.2) is 48.8 Å². The van der Waals surface area contributed by atoms with Crippen molar-refractivity contribution in [2.24, 2.45) is 11.7 Å². The van der Waals surface area contributed by atoms with Crippen LogP contribution in [0.5, 0.6) is 0 Å². The summed E-state index contributed by atoms with van der Waals surface area (Å²) in [7, 11) is 0. The number of carbonyl (C=O) groups excluding carboxylic acids is 3. The second-order valence-electron chi connectivity index (χ2n) is 7.44. The first kappa shape index (κ1) is 17.6. The van der Waals surface area contributed by atoms with Crippen LogP contribution < -0.4 is 5.73 Å². The fourth-order valence-electron chi connectivity index (χ4n) is 4.56. The molecule has 0 bridgehead atoms. The van der Waals surface area contributed by atoms with Crippen molar-refractivity contribution in [2.75, 3.05) is 0 Å². The Morgan fingerprint density at radius 2 is 2.04 bits per heavy atom. The van der Waals surface area contributed by atoms with Crippen LogP contribution in [0.25, 0.3) is 0 Å². The zero-order valence-corrected chi connectivity index (χ0v) is 14.5. The van der Waals surface area contributed by atoms with Gasteiger partial charge in [-0.15, -0.1) is 0 Å². The number of hydrogen-bond donors (Lipinski definition) is 4. The van der Waals surface area contributed by atoms with E-state index in [2.05, 4.69) is 4.98 Å². The number of ketones is 3. The number of carbonyl (C=O) groups is 3. The number of fused-ring (bicyclic) bond motifs is 3. The summed E-state index contributed by atoms with van der Waals surface area (Å²) >= 11 is 0. The summed E-state index contributed by atoms with van der Waals surface area (Å²) in [6.07, 6.45) is 1.44. The Balaban J connectivity index is 1.95. The predicted molar refractivity (Wildman–Crippen MR) is 91.9 cm³/mol. The second kappa shape index (κ2) is 5.34. The van der Waals surface area contributed by atoms with E-state index in [0.717, 1.165) is 6.92 Å². The monoisotopic (exact) mass is 370 g/mol. The van der Waals surface area contributed by atoms with Crippen molar-refractivity contribution in [3.8, 4) is 0 Å². The average Bonchev–Trinajstić information content (AvgIpc) is 2.58. The van der Waals surface area contributed by atoms with Crippen molar-refractivity contribution >= 4 is 17.3 Å². The van der Waals surface area contributed by atoms with Gasteiger partial charge in [-0.05, 0) is 37.8 Å². The Labute approximate surface area is 154 Å². The highest BCUT2D eigenvalue weighted by Crippen LogP contribution is 2.51. The molecular formula is C19H18N2O6. The van der Waals surface area contributed by atoms with Crippen LogP contribution in [-0.2, 0) is 16.0 Å². The van der Waals surface area contributed by atoms with Crippen molar-refractivity contribution < 1.29 is 29.7 Å². The minimum Gasteiger partial charge on any atom is -0.511 e.